The Kier molecular flexibility index (Phi) is 5.14. The lowest BCUT2D eigenvalue weighted by atomic mass is 10.0. The molecule has 1 unspecified atom stereocenters. The van der Waals surface area contributed by atoms with Gasteiger partial charge >= 0.3 is 0 Å². The first-order valence-corrected chi connectivity index (χ1v) is 9.11. The van der Waals surface area contributed by atoms with Crippen LogP contribution in [0.5, 0.6) is 11.5 Å². The van der Waals surface area contributed by atoms with Gasteiger partial charge in [-0.1, -0.05) is 13.0 Å². The summed E-state index contributed by atoms with van der Waals surface area (Å²) in [4.78, 5) is 19.2. The third-order valence-electron chi connectivity index (χ3n) is 4.12. The molecule has 128 valence electrons. The Bertz CT molecular complexity index is 700. The maximum atomic E-state index is 12.2. The second kappa shape index (κ2) is 7.30. The highest BCUT2D eigenvalue weighted by atomic mass is 32.2. The fraction of sp³-hybridized carbons (Fsp3) is 0.444. The fourth-order valence-electron chi connectivity index (χ4n) is 2.94. The number of thioether (sulfide) groups is 1. The van der Waals surface area contributed by atoms with Crippen molar-refractivity contribution >= 4 is 28.9 Å². The summed E-state index contributed by atoms with van der Waals surface area (Å²) in [6.07, 6.45) is 4.18. The highest BCUT2D eigenvalue weighted by Crippen LogP contribution is 2.34. The molecular weight excluding hydrogens is 324 g/mol. The van der Waals surface area contributed by atoms with E-state index in [0.717, 1.165) is 30.2 Å². The molecule has 2 aliphatic rings. The van der Waals surface area contributed by atoms with Crippen LogP contribution in [0.2, 0.25) is 0 Å². The Balaban J connectivity index is 1.75. The average molecular weight is 346 g/mol. The van der Waals surface area contributed by atoms with Crippen molar-refractivity contribution in [3.05, 3.63) is 28.7 Å². The van der Waals surface area contributed by atoms with Gasteiger partial charge in [-0.05, 0) is 61.2 Å². The van der Waals surface area contributed by atoms with E-state index in [4.69, 9.17) is 4.74 Å². The number of amides is 1. The number of rotatable bonds is 3. The summed E-state index contributed by atoms with van der Waals surface area (Å²) in [6, 6.07) is 5.08. The molecule has 6 heteroatoms. The van der Waals surface area contributed by atoms with Crippen LogP contribution in [-0.4, -0.2) is 40.8 Å². The third-order valence-corrected chi connectivity index (χ3v) is 5.16. The number of carbonyl (C=O) groups excluding carboxylic acids is 1. The molecule has 5 nitrogen and oxygen atoms in total. The summed E-state index contributed by atoms with van der Waals surface area (Å²) in [5.41, 5.74) is 0.815. The van der Waals surface area contributed by atoms with E-state index in [1.165, 1.54) is 18.2 Å². The molecule has 0 saturated carbocycles. The molecule has 1 aromatic carbocycles. The van der Waals surface area contributed by atoms with E-state index in [1.54, 1.807) is 24.3 Å². The number of carbonyl (C=O) groups is 1. The zero-order chi connectivity index (χ0) is 17.1. The number of phenolic OH excluding ortho intramolecular Hbond substituents is 1. The molecule has 1 atom stereocenters. The fourth-order valence-corrected chi connectivity index (χ4v) is 3.89. The van der Waals surface area contributed by atoms with Crippen molar-refractivity contribution in [3.8, 4) is 11.5 Å². The normalized spacial score (nSPS) is 22.8. The number of hydrogen-bond acceptors (Lipinski definition) is 5. The summed E-state index contributed by atoms with van der Waals surface area (Å²) in [6.45, 7) is 6.49. The van der Waals surface area contributed by atoms with Gasteiger partial charge in [0.2, 0.25) is 0 Å². The van der Waals surface area contributed by atoms with Crippen LogP contribution in [0.3, 0.4) is 0 Å². The van der Waals surface area contributed by atoms with Crippen LogP contribution in [-0.2, 0) is 4.79 Å². The van der Waals surface area contributed by atoms with E-state index in [-0.39, 0.29) is 11.7 Å². The van der Waals surface area contributed by atoms with Gasteiger partial charge in [-0.2, -0.15) is 4.99 Å². The number of amidine groups is 1. The maximum Gasteiger partial charge on any atom is 0.286 e. The Hall–Kier alpha value is -1.95. The Morgan fingerprint density at radius 1 is 1.50 bits per heavy atom. The standard InChI is InChI=1S/C18H22N2O3S/c1-3-23-15-9-13(6-7-14(15)21)10-16-17(22)19-18(24-16)20-8-4-5-12(2)11-20/h6-7,9-10,12,21H,3-5,8,11H2,1-2H3. The number of aromatic hydroxyl groups is 1. The summed E-state index contributed by atoms with van der Waals surface area (Å²) >= 11 is 1.43. The van der Waals surface area contributed by atoms with E-state index in [9.17, 15) is 9.90 Å². The quantitative estimate of drug-likeness (QED) is 0.849. The molecule has 3 rings (SSSR count). The number of piperidine rings is 1. The second-order valence-electron chi connectivity index (χ2n) is 6.16. The van der Waals surface area contributed by atoms with Crippen LogP contribution < -0.4 is 4.74 Å². The smallest absolute Gasteiger partial charge is 0.286 e. The zero-order valence-electron chi connectivity index (χ0n) is 14.0. The molecule has 1 N–H and O–H groups in total. The van der Waals surface area contributed by atoms with Crippen molar-refractivity contribution < 1.29 is 14.6 Å². The molecule has 0 radical (unpaired) electrons. The molecule has 1 aromatic rings. The number of benzene rings is 1. The number of likely N-dealkylation sites (tertiary alicyclic amines) is 1. The molecule has 0 spiro atoms. The van der Waals surface area contributed by atoms with Crippen LogP contribution >= 0.6 is 11.8 Å². The largest absolute Gasteiger partial charge is 0.504 e. The van der Waals surface area contributed by atoms with Crippen molar-refractivity contribution in [3.63, 3.8) is 0 Å². The lowest BCUT2D eigenvalue weighted by Gasteiger charge is -2.31. The number of nitrogens with zero attached hydrogens (tertiary/aromatic N) is 2. The first-order valence-electron chi connectivity index (χ1n) is 8.30. The van der Waals surface area contributed by atoms with Gasteiger partial charge in [0.05, 0.1) is 11.5 Å². The van der Waals surface area contributed by atoms with Gasteiger partial charge in [0.25, 0.3) is 5.91 Å². The van der Waals surface area contributed by atoms with E-state index in [0.29, 0.717) is 23.2 Å². The molecule has 1 amide bonds. The minimum Gasteiger partial charge on any atom is -0.504 e. The third kappa shape index (κ3) is 3.75. The number of hydrogen-bond donors (Lipinski definition) is 1. The highest BCUT2D eigenvalue weighted by molar-refractivity contribution is 8.18. The highest BCUT2D eigenvalue weighted by Gasteiger charge is 2.28. The Morgan fingerprint density at radius 2 is 2.33 bits per heavy atom. The maximum absolute atomic E-state index is 12.2. The molecule has 0 aliphatic carbocycles. The lowest BCUT2D eigenvalue weighted by Crippen LogP contribution is -2.37. The van der Waals surface area contributed by atoms with E-state index in [2.05, 4.69) is 16.8 Å². The Labute approximate surface area is 146 Å². The molecule has 0 aromatic heterocycles. The van der Waals surface area contributed by atoms with Crippen LogP contribution in [0.1, 0.15) is 32.3 Å². The van der Waals surface area contributed by atoms with E-state index >= 15 is 0 Å². The SMILES string of the molecule is CCOc1cc(C=C2SC(N3CCCC(C)C3)=NC2=O)ccc1O. The summed E-state index contributed by atoms with van der Waals surface area (Å²) in [5, 5.41) is 10.6. The van der Waals surface area contributed by atoms with Crippen molar-refractivity contribution in [2.45, 2.75) is 26.7 Å². The zero-order valence-corrected chi connectivity index (χ0v) is 14.8. The molecule has 2 heterocycles. The van der Waals surface area contributed by atoms with Crippen LogP contribution in [0.15, 0.2) is 28.1 Å². The topological polar surface area (TPSA) is 62.1 Å². The lowest BCUT2D eigenvalue weighted by molar-refractivity contribution is -0.113. The molecular formula is C18H22N2O3S. The summed E-state index contributed by atoms with van der Waals surface area (Å²) in [5.74, 6) is 0.965. The number of aliphatic imine (C=N–C) groups is 1. The average Bonchev–Trinajstić information content (AvgIpc) is 2.92. The van der Waals surface area contributed by atoms with Crippen LogP contribution in [0.25, 0.3) is 6.08 Å². The van der Waals surface area contributed by atoms with Gasteiger partial charge in [0.1, 0.15) is 0 Å². The van der Waals surface area contributed by atoms with Gasteiger partial charge in [-0.3, -0.25) is 4.79 Å². The van der Waals surface area contributed by atoms with Crippen molar-refractivity contribution in [1.29, 1.82) is 0 Å². The summed E-state index contributed by atoms with van der Waals surface area (Å²) in [7, 11) is 0. The molecule has 24 heavy (non-hydrogen) atoms. The van der Waals surface area contributed by atoms with Gasteiger partial charge in [0.15, 0.2) is 16.7 Å². The minimum absolute atomic E-state index is 0.101. The molecule has 1 fully saturated rings. The van der Waals surface area contributed by atoms with Gasteiger partial charge in [-0.15, -0.1) is 0 Å². The predicted octanol–water partition coefficient (Wildman–Crippen LogP) is 3.49. The molecule has 0 bridgehead atoms. The Morgan fingerprint density at radius 3 is 3.08 bits per heavy atom. The van der Waals surface area contributed by atoms with E-state index in [1.807, 2.05) is 6.92 Å². The van der Waals surface area contributed by atoms with Crippen molar-refractivity contribution in [2.75, 3.05) is 19.7 Å². The summed E-state index contributed by atoms with van der Waals surface area (Å²) < 4.78 is 5.39. The van der Waals surface area contributed by atoms with Crippen molar-refractivity contribution in [1.82, 2.24) is 4.90 Å². The predicted molar refractivity (Wildman–Crippen MR) is 97.3 cm³/mol. The molecule has 2 aliphatic heterocycles. The van der Waals surface area contributed by atoms with Gasteiger partial charge < -0.3 is 14.7 Å². The van der Waals surface area contributed by atoms with Crippen molar-refractivity contribution in [2.24, 2.45) is 10.9 Å². The van der Waals surface area contributed by atoms with E-state index < -0.39 is 0 Å². The van der Waals surface area contributed by atoms with Crippen LogP contribution in [0, 0.1) is 5.92 Å². The first kappa shape index (κ1) is 16.9. The van der Waals surface area contributed by atoms with Crippen LogP contribution in [0.4, 0.5) is 0 Å². The second-order valence-corrected chi connectivity index (χ2v) is 7.17. The number of ether oxygens (including phenoxy) is 1. The first-order chi connectivity index (χ1) is 11.6. The number of phenols is 1. The van der Waals surface area contributed by atoms with Gasteiger partial charge in [-0.25, -0.2) is 0 Å². The van der Waals surface area contributed by atoms with Gasteiger partial charge in [0, 0.05) is 13.1 Å². The molecule has 1 saturated heterocycles. The monoisotopic (exact) mass is 346 g/mol. The minimum atomic E-state index is -0.195.